The van der Waals surface area contributed by atoms with Gasteiger partial charge in [0.15, 0.2) is 0 Å². The van der Waals surface area contributed by atoms with E-state index in [0.29, 0.717) is 5.56 Å². The smallest absolute Gasteiger partial charge is 0.336 e. The molecule has 1 unspecified atom stereocenters. The Morgan fingerprint density at radius 1 is 1.10 bits per heavy atom. The number of aliphatic hydroxyl groups is 1. The van der Waals surface area contributed by atoms with Crippen LogP contribution in [0.1, 0.15) is 27.6 Å². The Morgan fingerprint density at radius 2 is 1.86 bits per heavy atom. The maximum absolute atomic E-state index is 11.3. The van der Waals surface area contributed by atoms with Crippen LogP contribution in [0.2, 0.25) is 0 Å². The van der Waals surface area contributed by atoms with Gasteiger partial charge in [-0.25, -0.2) is 4.79 Å². The first-order valence-electron chi connectivity index (χ1n) is 6.25. The summed E-state index contributed by atoms with van der Waals surface area (Å²) in [5.41, 5.74) is 1.26. The number of halogens is 1. The molecule has 0 aliphatic rings. The number of benzene rings is 2. The fraction of sp³-hybridized carbons (Fsp3) is 0.0625. The summed E-state index contributed by atoms with van der Waals surface area (Å²) in [6, 6.07) is 12.3. The zero-order chi connectivity index (χ0) is 15.0. The zero-order valence-corrected chi connectivity index (χ0v) is 13.2. The number of carboxylic acids is 1. The largest absolute Gasteiger partial charge is 0.478 e. The predicted octanol–water partition coefficient (Wildman–Crippen LogP) is 4.44. The molecule has 0 radical (unpaired) electrons. The molecule has 3 nitrogen and oxygen atoms in total. The number of carboxylic acid groups (broad SMARTS) is 1. The minimum absolute atomic E-state index is 0.124. The van der Waals surface area contributed by atoms with Gasteiger partial charge in [-0.15, -0.1) is 11.3 Å². The van der Waals surface area contributed by atoms with Crippen molar-refractivity contribution in [2.75, 3.05) is 0 Å². The quantitative estimate of drug-likeness (QED) is 0.723. The van der Waals surface area contributed by atoms with E-state index in [1.54, 1.807) is 18.2 Å². The van der Waals surface area contributed by atoms with E-state index < -0.39 is 12.1 Å². The third-order valence-electron chi connectivity index (χ3n) is 3.36. The molecule has 21 heavy (non-hydrogen) atoms. The van der Waals surface area contributed by atoms with Crippen LogP contribution in [0.25, 0.3) is 10.1 Å². The molecule has 1 aromatic heterocycles. The van der Waals surface area contributed by atoms with E-state index in [1.807, 2.05) is 23.6 Å². The van der Waals surface area contributed by atoms with Crippen LogP contribution in [0.3, 0.4) is 0 Å². The Labute approximate surface area is 133 Å². The number of hydrogen-bond acceptors (Lipinski definition) is 3. The fourth-order valence-corrected chi connectivity index (χ4v) is 3.99. The molecule has 3 rings (SSSR count). The highest BCUT2D eigenvalue weighted by Gasteiger charge is 2.21. The molecule has 106 valence electrons. The summed E-state index contributed by atoms with van der Waals surface area (Å²) < 4.78 is 2.01. The number of aromatic carboxylic acids is 1. The second-order valence-electron chi connectivity index (χ2n) is 4.60. The number of fused-ring (bicyclic) bond motifs is 1. The molecule has 1 atom stereocenters. The lowest BCUT2D eigenvalue weighted by Crippen LogP contribution is -2.07. The van der Waals surface area contributed by atoms with Crippen LogP contribution in [0, 0.1) is 0 Å². The van der Waals surface area contributed by atoms with E-state index in [4.69, 9.17) is 0 Å². The average molecular weight is 363 g/mol. The Kier molecular flexibility index (Phi) is 3.80. The third kappa shape index (κ3) is 2.48. The molecule has 0 bridgehead atoms. The van der Waals surface area contributed by atoms with Gasteiger partial charge in [0.25, 0.3) is 0 Å². The molecule has 1 heterocycles. The molecule has 0 saturated heterocycles. The monoisotopic (exact) mass is 362 g/mol. The molecule has 0 aliphatic carbocycles. The number of carbonyl (C=O) groups is 1. The normalized spacial score (nSPS) is 12.5. The summed E-state index contributed by atoms with van der Waals surface area (Å²) in [7, 11) is 0. The van der Waals surface area contributed by atoms with Crippen molar-refractivity contribution in [1.82, 2.24) is 0 Å². The number of aliphatic hydroxyl groups excluding tert-OH is 1. The van der Waals surface area contributed by atoms with Gasteiger partial charge in [-0.2, -0.15) is 0 Å². The average Bonchev–Trinajstić information content (AvgIpc) is 2.92. The Bertz CT molecular complexity index is 825. The van der Waals surface area contributed by atoms with Crippen molar-refractivity contribution >= 4 is 43.3 Å². The van der Waals surface area contributed by atoms with Crippen molar-refractivity contribution in [2.45, 2.75) is 6.10 Å². The van der Waals surface area contributed by atoms with Crippen molar-refractivity contribution in [1.29, 1.82) is 0 Å². The maximum atomic E-state index is 11.3. The van der Waals surface area contributed by atoms with Crippen LogP contribution in [-0.4, -0.2) is 16.2 Å². The van der Waals surface area contributed by atoms with Gasteiger partial charge in [0, 0.05) is 14.7 Å². The standard InChI is InChI=1S/C16H11BrO3S/c17-13-7-3-6-10-12(8-21-15(10)13)14(18)9-4-1-2-5-11(9)16(19)20/h1-8,14,18H,(H,19,20). The summed E-state index contributed by atoms with van der Waals surface area (Å²) in [5, 5.41) is 22.7. The van der Waals surface area contributed by atoms with E-state index in [2.05, 4.69) is 15.9 Å². The van der Waals surface area contributed by atoms with Crippen LogP contribution in [0.15, 0.2) is 52.3 Å². The topological polar surface area (TPSA) is 57.5 Å². The van der Waals surface area contributed by atoms with Gasteiger partial charge in [-0.05, 0) is 44.4 Å². The number of thiophene rings is 1. The molecule has 0 aliphatic heterocycles. The number of rotatable bonds is 3. The second kappa shape index (κ2) is 5.60. The summed E-state index contributed by atoms with van der Waals surface area (Å²) >= 11 is 5.01. The molecule has 2 N–H and O–H groups in total. The molecular weight excluding hydrogens is 352 g/mol. The fourth-order valence-electron chi connectivity index (χ4n) is 2.35. The second-order valence-corrected chi connectivity index (χ2v) is 6.34. The molecule has 0 amide bonds. The first kappa shape index (κ1) is 14.3. The van der Waals surface area contributed by atoms with Crippen molar-refractivity contribution < 1.29 is 15.0 Å². The molecule has 2 aromatic carbocycles. The van der Waals surface area contributed by atoms with Crippen LogP contribution in [-0.2, 0) is 0 Å². The SMILES string of the molecule is O=C(O)c1ccccc1C(O)c1csc2c(Br)cccc12. The molecule has 0 spiro atoms. The highest BCUT2D eigenvalue weighted by Crippen LogP contribution is 2.37. The van der Waals surface area contributed by atoms with Gasteiger partial charge < -0.3 is 10.2 Å². The van der Waals surface area contributed by atoms with Gasteiger partial charge in [0.05, 0.1) is 5.56 Å². The lowest BCUT2D eigenvalue weighted by atomic mass is 9.96. The van der Waals surface area contributed by atoms with E-state index in [-0.39, 0.29) is 5.56 Å². The van der Waals surface area contributed by atoms with E-state index in [0.717, 1.165) is 20.1 Å². The van der Waals surface area contributed by atoms with Gasteiger partial charge in [-0.1, -0.05) is 30.3 Å². The third-order valence-corrected chi connectivity index (χ3v) is 5.33. The van der Waals surface area contributed by atoms with Crippen molar-refractivity contribution in [3.8, 4) is 0 Å². The van der Waals surface area contributed by atoms with Crippen LogP contribution < -0.4 is 0 Å². The Morgan fingerprint density at radius 3 is 2.62 bits per heavy atom. The van der Waals surface area contributed by atoms with Gasteiger partial charge in [0.2, 0.25) is 0 Å². The molecule has 3 aromatic rings. The van der Waals surface area contributed by atoms with Crippen molar-refractivity contribution in [3.05, 3.63) is 69.0 Å². The Hall–Kier alpha value is -1.69. The Balaban J connectivity index is 2.16. The van der Waals surface area contributed by atoms with Gasteiger partial charge in [-0.3, -0.25) is 0 Å². The minimum atomic E-state index is -1.04. The maximum Gasteiger partial charge on any atom is 0.336 e. The van der Waals surface area contributed by atoms with E-state index >= 15 is 0 Å². The summed E-state index contributed by atoms with van der Waals surface area (Å²) in [6.07, 6.45) is -0.958. The summed E-state index contributed by atoms with van der Waals surface area (Å²) in [4.78, 5) is 11.3. The summed E-state index contributed by atoms with van der Waals surface area (Å²) in [6.45, 7) is 0. The van der Waals surface area contributed by atoms with E-state index in [9.17, 15) is 15.0 Å². The first-order valence-corrected chi connectivity index (χ1v) is 7.92. The molecule has 0 fully saturated rings. The highest BCUT2D eigenvalue weighted by molar-refractivity contribution is 9.10. The molecule has 5 heteroatoms. The molecular formula is C16H11BrO3S. The van der Waals surface area contributed by atoms with E-state index in [1.165, 1.54) is 17.4 Å². The van der Waals surface area contributed by atoms with Crippen molar-refractivity contribution in [3.63, 3.8) is 0 Å². The zero-order valence-electron chi connectivity index (χ0n) is 10.8. The highest BCUT2D eigenvalue weighted by atomic mass is 79.9. The summed E-state index contributed by atoms with van der Waals surface area (Å²) in [5.74, 6) is -1.04. The first-order chi connectivity index (χ1) is 10.1. The van der Waals surface area contributed by atoms with Crippen LogP contribution in [0.4, 0.5) is 0 Å². The number of hydrogen-bond donors (Lipinski definition) is 2. The van der Waals surface area contributed by atoms with Gasteiger partial charge >= 0.3 is 5.97 Å². The minimum Gasteiger partial charge on any atom is -0.478 e. The van der Waals surface area contributed by atoms with Gasteiger partial charge in [0.1, 0.15) is 6.10 Å². The molecule has 0 saturated carbocycles. The van der Waals surface area contributed by atoms with Crippen LogP contribution in [0.5, 0.6) is 0 Å². The lowest BCUT2D eigenvalue weighted by molar-refractivity contribution is 0.0691. The van der Waals surface area contributed by atoms with Crippen LogP contribution >= 0.6 is 27.3 Å². The lowest BCUT2D eigenvalue weighted by Gasteiger charge is -2.13. The predicted molar refractivity (Wildman–Crippen MR) is 87.0 cm³/mol. The van der Waals surface area contributed by atoms with Crippen molar-refractivity contribution in [2.24, 2.45) is 0 Å².